The molecule has 3 nitrogen and oxygen atoms in total. The highest BCUT2D eigenvalue weighted by molar-refractivity contribution is 6.34. The van der Waals surface area contributed by atoms with Gasteiger partial charge in [-0.25, -0.2) is 4.98 Å². The van der Waals surface area contributed by atoms with Crippen LogP contribution in [-0.2, 0) is 13.0 Å². The Morgan fingerprint density at radius 2 is 2.08 bits per heavy atom. The third-order valence-corrected chi connectivity index (χ3v) is 2.25. The zero-order valence-electron chi connectivity index (χ0n) is 7.52. The van der Waals surface area contributed by atoms with Crippen molar-refractivity contribution in [1.82, 2.24) is 15.3 Å². The average Bonchev–Trinajstić information content (AvgIpc) is 2.04. The van der Waals surface area contributed by atoms with Crippen LogP contribution in [0.25, 0.3) is 0 Å². The Morgan fingerprint density at radius 3 is 2.92 bits per heavy atom. The number of hydrogen-bond donors (Lipinski definition) is 1. The molecule has 0 spiro atoms. The standard InChI is InChI=1S/C7H11B2N3/c8-6-4-3-10-2-1-5(4)11-7(9)12-6/h10H,1-3,8-9H2. The average molecular weight is 159 g/mol. The molecular formula is C7H11B2N3. The maximum atomic E-state index is 4.42. The molecule has 0 radical (unpaired) electrons. The van der Waals surface area contributed by atoms with Crippen molar-refractivity contribution in [3.05, 3.63) is 11.3 Å². The van der Waals surface area contributed by atoms with E-state index in [0.717, 1.165) is 30.8 Å². The van der Waals surface area contributed by atoms with Crippen LogP contribution in [0.15, 0.2) is 0 Å². The summed E-state index contributed by atoms with van der Waals surface area (Å²) in [6.45, 7) is 1.98. The predicted octanol–water partition coefficient (Wildman–Crippen LogP) is -3.36. The Morgan fingerprint density at radius 1 is 1.25 bits per heavy atom. The third kappa shape index (κ3) is 1.25. The van der Waals surface area contributed by atoms with Crippen molar-refractivity contribution in [2.45, 2.75) is 13.0 Å². The fourth-order valence-electron chi connectivity index (χ4n) is 1.66. The summed E-state index contributed by atoms with van der Waals surface area (Å²) in [7, 11) is 4.01. The molecular weight excluding hydrogens is 148 g/mol. The lowest BCUT2D eigenvalue weighted by atomic mass is 9.92. The molecule has 60 valence electrons. The van der Waals surface area contributed by atoms with Gasteiger partial charge in [-0.05, 0) is 5.56 Å². The van der Waals surface area contributed by atoms with Crippen molar-refractivity contribution in [1.29, 1.82) is 0 Å². The van der Waals surface area contributed by atoms with Crippen molar-refractivity contribution in [3.63, 3.8) is 0 Å². The van der Waals surface area contributed by atoms with E-state index in [1.54, 1.807) is 0 Å². The SMILES string of the molecule is Bc1nc(B)c2c(n1)CCNC2. The molecule has 1 aromatic heterocycles. The highest BCUT2D eigenvalue weighted by atomic mass is 14.9. The Hall–Kier alpha value is -0.830. The van der Waals surface area contributed by atoms with Crippen molar-refractivity contribution in [3.8, 4) is 0 Å². The second-order valence-electron chi connectivity index (χ2n) is 3.21. The van der Waals surface area contributed by atoms with Gasteiger partial charge in [0.1, 0.15) is 0 Å². The van der Waals surface area contributed by atoms with E-state index in [4.69, 9.17) is 0 Å². The Kier molecular flexibility index (Phi) is 1.89. The van der Waals surface area contributed by atoms with Gasteiger partial charge in [-0.3, -0.25) is 4.98 Å². The third-order valence-electron chi connectivity index (χ3n) is 2.25. The molecule has 5 heteroatoms. The fourth-order valence-corrected chi connectivity index (χ4v) is 1.66. The summed E-state index contributed by atoms with van der Waals surface area (Å²) >= 11 is 0. The Balaban J connectivity index is 2.53. The first kappa shape index (κ1) is 7.80. The largest absolute Gasteiger partial charge is 0.312 e. The van der Waals surface area contributed by atoms with Crippen LogP contribution in [0.2, 0.25) is 0 Å². The van der Waals surface area contributed by atoms with E-state index in [-0.39, 0.29) is 0 Å². The van der Waals surface area contributed by atoms with Crippen LogP contribution in [0.5, 0.6) is 0 Å². The molecule has 2 heterocycles. The molecule has 0 unspecified atom stereocenters. The lowest BCUT2D eigenvalue weighted by molar-refractivity contribution is 0.632. The van der Waals surface area contributed by atoms with Gasteiger partial charge in [-0.2, -0.15) is 0 Å². The van der Waals surface area contributed by atoms with E-state index in [2.05, 4.69) is 23.1 Å². The molecule has 1 N–H and O–H groups in total. The maximum absolute atomic E-state index is 4.42. The lowest BCUT2D eigenvalue weighted by Crippen LogP contribution is -2.36. The highest BCUT2D eigenvalue weighted by Gasteiger charge is 2.12. The molecule has 0 aromatic carbocycles. The van der Waals surface area contributed by atoms with Gasteiger partial charge < -0.3 is 5.32 Å². The lowest BCUT2D eigenvalue weighted by Gasteiger charge is -2.18. The molecule has 1 aromatic rings. The van der Waals surface area contributed by atoms with Crippen molar-refractivity contribution >= 4 is 27.0 Å². The number of rotatable bonds is 0. The van der Waals surface area contributed by atoms with Crippen LogP contribution in [0, 0.1) is 0 Å². The summed E-state index contributed by atoms with van der Waals surface area (Å²) in [5, 5.41) is 3.32. The quantitative estimate of drug-likeness (QED) is 0.401. The Bertz CT molecular complexity index is 314. The summed E-state index contributed by atoms with van der Waals surface area (Å²) in [4.78, 5) is 8.76. The van der Waals surface area contributed by atoms with E-state index in [0.29, 0.717) is 0 Å². The van der Waals surface area contributed by atoms with Gasteiger partial charge in [0.2, 0.25) is 0 Å². The van der Waals surface area contributed by atoms with Crippen molar-refractivity contribution in [2.24, 2.45) is 0 Å². The molecule has 0 aliphatic carbocycles. The summed E-state index contributed by atoms with van der Waals surface area (Å²) in [6.07, 6.45) is 1.04. The van der Waals surface area contributed by atoms with Crippen LogP contribution < -0.4 is 16.6 Å². The van der Waals surface area contributed by atoms with E-state index in [1.807, 2.05) is 7.85 Å². The molecule has 1 aliphatic rings. The monoisotopic (exact) mass is 159 g/mol. The van der Waals surface area contributed by atoms with Gasteiger partial charge in [0, 0.05) is 30.8 Å². The highest BCUT2D eigenvalue weighted by Crippen LogP contribution is 2.04. The summed E-state index contributed by atoms with van der Waals surface area (Å²) in [5.41, 5.74) is 4.56. The molecule has 0 saturated heterocycles. The number of nitrogens with one attached hydrogen (secondary N) is 1. The minimum Gasteiger partial charge on any atom is -0.312 e. The number of hydrogen-bond acceptors (Lipinski definition) is 3. The van der Waals surface area contributed by atoms with E-state index in [9.17, 15) is 0 Å². The minimum absolute atomic E-state index is 0.896. The molecule has 2 rings (SSSR count). The summed E-state index contributed by atoms with van der Waals surface area (Å²) in [6, 6.07) is 0. The Labute approximate surface area is 73.8 Å². The summed E-state index contributed by atoms with van der Waals surface area (Å²) < 4.78 is 0. The first-order valence-corrected chi connectivity index (χ1v) is 4.31. The van der Waals surface area contributed by atoms with Gasteiger partial charge in [-0.15, -0.1) is 0 Å². The first-order valence-electron chi connectivity index (χ1n) is 4.31. The van der Waals surface area contributed by atoms with E-state index < -0.39 is 0 Å². The van der Waals surface area contributed by atoms with Gasteiger partial charge in [0.25, 0.3) is 0 Å². The smallest absolute Gasteiger partial charge is 0.189 e. The van der Waals surface area contributed by atoms with Crippen LogP contribution in [0.3, 0.4) is 0 Å². The predicted molar refractivity (Wildman–Crippen MR) is 53.8 cm³/mol. The summed E-state index contributed by atoms with van der Waals surface area (Å²) in [5.74, 6) is 0. The minimum atomic E-state index is 0.896. The van der Waals surface area contributed by atoms with Crippen LogP contribution in [-0.4, -0.2) is 32.2 Å². The zero-order chi connectivity index (χ0) is 8.55. The zero-order valence-corrected chi connectivity index (χ0v) is 7.52. The van der Waals surface area contributed by atoms with Crippen molar-refractivity contribution in [2.75, 3.05) is 6.54 Å². The molecule has 0 fully saturated rings. The molecule has 1 aliphatic heterocycles. The molecule has 0 saturated carbocycles. The topological polar surface area (TPSA) is 37.8 Å². The molecule has 0 amide bonds. The van der Waals surface area contributed by atoms with E-state index >= 15 is 0 Å². The molecule has 12 heavy (non-hydrogen) atoms. The van der Waals surface area contributed by atoms with Crippen LogP contribution >= 0.6 is 0 Å². The van der Waals surface area contributed by atoms with Gasteiger partial charge in [-0.1, -0.05) is 0 Å². The second kappa shape index (κ2) is 2.90. The first-order chi connectivity index (χ1) is 5.77. The van der Waals surface area contributed by atoms with Gasteiger partial charge >= 0.3 is 0 Å². The van der Waals surface area contributed by atoms with Crippen molar-refractivity contribution < 1.29 is 0 Å². The second-order valence-corrected chi connectivity index (χ2v) is 3.21. The normalized spacial score (nSPS) is 15.7. The van der Waals surface area contributed by atoms with E-state index in [1.165, 1.54) is 11.3 Å². The number of aromatic nitrogens is 2. The number of fused-ring (bicyclic) bond motifs is 1. The van der Waals surface area contributed by atoms with Gasteiger partial charge in [0.05, 0.1) is 5.72 Å². The maximum Gasteiger partial charge on any atom is 0.189 e. The van der Waals surface area contributed by atoms with Crippen LogP contribution in [0.1, 0.15) is 11.3 Å². The molecule has 0 atom stereocenters. The van der Waals surface area contributed by atoms with Crippen LogP contribution in [0.4, 0.5) is 0 Å². The fraction of sp³-hybridized carbons (Fsp3) is 0.429. The number of nitrogens with zero attached hydrogens (tertiary/aromatic N) is 2. The molecule has 0 bridgehead atoms. The van der Waals surface area contributed by atoms with Gasteiger partial charge in [0.15, 0.2) is 15.7 Å².